The van der Waals surface area contributed by atoms with Gasteiger partial charge in [0.2, 0.25) is 0 Å². The lowest BCUT2D eigenvalue weighted by molar-refractivity contribution is 0.501. The van der Waals surface area contributed by atoms with Crippen LogP contribution in [0, 0.1) is 23.7 Å². The monoisotopic (exact) mass is 278 g/mol. The van der Waals surface area contributed by atoms with E-state index in [-0.39, 0.29) is 0 Å². The number of hydrogen-bond acceptors (Lipinski definition) is 0. The Morgan fingerprint density at radius 2 is 1.00 bits per heavy atom. The van der Waals surface area contributed by atoms with Gasteiger partial charge in [0.25, 0.3) is 0 Å². The highest BCUT2D eigenvalue weighted by atomic mass is 14.5. The largest absolute Gasteiger partial charge is 0.0654 e. The summed E-state index contributed by atoms with van der Waals surface area (Å²) in [5, 5.41) is 0. The van der Waals surface area contributed by atoms with Crippen molar-refractivity contribution < 1.29 is 0 Å². The maximum Gasteiger partial charge on any atom is -0.0380 e. The molecule has 4 atom stereocenters. The van der Waals surface area contributed by atoms with Crippen LogP contribution in [0.1, 0.15) is 104 Å². The first-order valence-electron chi connectivity index (χ1n) is 9.85. The van der Waals surface area contributed by atoms with Crippen LogP contribution in [0.2, 0.25) is 0 Å². The van der Waals surface area contributed by atoms with Crippen molar-refractivity contribution in [2.45, 2.75) is 104 Å². The molecule has 0 spiro atoms. The molecule has 2 aliphatic rings. The highest BCUT2D eigenvalue weighted by Gasteiger charge is 2.44. The quantitative estimate of drug-likeness (QED) is 0.319. The summed E-state index contributed by atoms with van der Waals surface area (Å²) in [6, 6.07) is 0. The van der Waals surface area contributed by atoms with Crippen LogP contribution in [0.4, 0.5) is 0 Å². The van der Waals surface area contributed by atoms with E-state index in [0.717, 1.165) is 23.7 Å². The fraction of sp³-hybridized carbons (Fsp3) is 1.00. The van der Waals surface area contributed by atoms with Crippen LogP contribution in [0.15, 0.2) is 0 Å². The van der Waals surface area contributed by atoms with Crippen LogP contribution in [0.25, 0.3) is 0 Å². The lowest BCUT2D eigenvalue weighted by Crippen LogP contribution is -1.89. The molecular formula is C20H38. The summed E-state index contributed by atoms with van der Waals surface area (Å²) in [7, 11) is 0. The molecule has 0 amide bonds. The van der Waals surface area contributed by atoms with Gasteiger partial charge in [0, 0.05) is 0 Å². The molecule has 0 aliphatic heterocycles. The third-order valence-electron chi connectivity index (χ3n) is 5.85. The predicted molar refractivity (Wildman–Crippen MR) is 89.9 cm³/mol. The molecule has 0 aromatic heterocycles. The van der Waals surface area contributed by atoms with E-state index in [9.17, 15) is 0 Å². The van der Waals surface area contributed by atoms with Gasteiger partial charge in [-0.3, -0.25) is 0 Å². The van der Waals surface area contributed by atoms with E-state index in [1.54, 1.807) is 32.1 Å². The molecular weight excluding hydrogens is 240 g/mol. The zero-order valence-corrected chi connectivity index (χ0v) is 14.2. The van der Waals surface area contributed by atoms with Crippen molar-refractivity contribution in [3.05, 3.63) is 0 Å². The SMILES string of the molecule is CCCCCCCCC1CC1CC1CC1CCCCC. The molecule has 0 saturated heterocycles. The summed E-state index contributed by atoms with van der Waals surface area (Å²) in [6.07, 6.45) is 21.1. The van der Waals surface area contributed by atoms with E-state index < -0.39 is 0 Å². The molecule has 2 fully saturated rings. The third kappa shape index (κ3) is 6.19. The molecule has 0 heteroatoms. The van der Waals surface area contributed by atoms with Crippen LogP contribution in [0.5, 0.6) is 0 Å². The fourth-order valence-corrected chi connectivity index (χ4v) is 4.14. The molecule has 0 N–H and O–H groups in total. The van der Waals surface area contributed by atoms with Gasteiger partial charge in [-0.05, 0) is 42.9 Å². The van der Waals surface area contributed by atoms with Gasteiger partial charge in [-0.2, -0.15) is 0 Å². The Balaban J connectivity index is 1.38. The summed E-state index contributed by atoms with van der Waals surface area (Å²) < 4.78 is 0. The first-order valence-corrected chi connectivity index (χ1v) is 9.85. The van der Waals surface area contributed by atoms with Gasteiger partial charge in [-0.15, -0.1) is 0 Å². The standard InChI is InChI=1S/C20H38/c1-3-5-7-8-9-11-13-18-15-20(18)16-19-14-17(19)12-10-6-4-2/h17-20H,3-16H2,1-2H3. The van der Waals surface area contributed by atoms with Crippen molar-refractivity contribution in [1.82, 2.24) is 0 Å². The van der Waals surface area contributed by atoms with E-state index >= 15 is 0 Å². The van der Waals surface area contributed by atoms with Crippen molar-refractivity contribution in [1.29, 1.82) is 0 Å². The lowest BCUT2D eigenvalue weighted by Gasteiger charge is -2.02. The Hall–Kier alpha value is 0. The average molecular weight is 279 g/mol. The van der Waals surface area contributed by atoms with Crippen molar-refractivity contribution >= 4 is 0 Å². The van der Waals surface area contributed by atoms with Crippen molar-refractivity contribution in [2.75, 3.05) is 0 Å². The Labute approximate surface area is 128 Å². The van der Waals surface area contributed by atoms with Gasteiger partial charge in [0.1, 0.15) is 0 Å². The molecule has 0 heterocycles. The Bertz CT molecular complexity index is 244. The minimum Gasteiger partial charge on any atom is -0.0654 e. The summed E-state index contributed by atoms with van der Waals surface area (Å²) in [4.78, 5) is 0. The molecule has 2 aliphatic carbocycles. The molecule has 0 radical (unpaired) electrons. The third-order valence-corrected chi connectivity index (χ3v) is 5.85. The minimum absolute atomic E-state index is 1.15. The first-order chi connectivity index (χ1) is 9.85. The molecule has 118 valence electrons. The molecule has 0 bridgehead atoms. The van der Waals surface area contributed by atoms with E-state index in [0.29, 0.717) is 0 Å². The Morgan fingerprint density at radius 1 is 0.550 bits per heavy atom. The summed E-state index contributed by atoms with van der Waals surface area (Å²) in [5.41, 5.74) is 0. The highest BCUT2D eigenvalue weighted by molar-refractivity contribution is 4.94. The second kappa shape index (κ2) is 9.11. The average Bonchev–Trinajstić information content (AvgIpc) is 3.35. The van der Waals surface area contributed by atoms with Crippen LogP contribution >= 0.6 is 0 Å². The van der Waals surface area contributed by atoms with Gasteiger partial charge in [-0.25, -0.2) is 0 Å². The molecule has 2 saturated carbocycles. The van der Waals surface area contributed by atoms with Crippen molar-refractivity contribution in [3.8, 4) is 0 Å². The molecule has 20 heavy (non-hydrogen) atoms. The summed E-state index contributed by atoms with van der Waals surface area (Å²) in [6.45, 7) is 4.63. The first kappa shape index (κ1) is 16.4. The topological polar surface area (TPSA) is 0 Å². The maximum atomic E-state index is 2.32. The van der Waals surface area contributed by atoms with Crippen molar-refractivity contribution in [3.63, 3.8) is 0 Å². The van der Waals surface area contributed by atoms with Gasteiger partial charge in [0.15, 0.2) is 0 Å². The van der Waals surface area contributed by atoms with Crippen LogP contribution < -0.4 is 0 Å². The molecule has 0 aromatic rings. The fourth-order valence-electron chi connectivity index (χ4n) is 4.14. The molecule has 0 aromatic carbocycles. The predicted octanol–water partition coefficient (Wildman–Crippen LogP) is 6.98. The summed E-state index contributed by atoms with van der Waals surface area (Å²) >= 11 is 0. The number of hydrogen-bond donors (Lipinski definition) is 0. The van der Waals surface area contributed by atoms with E-state index in [2.05, 4.69) is 13.8 Å². The molecule has 4 unspecified atom stereocenters. The van der Waals surface area contributed by atoms with Gasteiger partial charge in [0.05, 0.1) is 0 Å². The Morgan fingerprint density at radius 3 is 1.60 bits per heavy atom. The lowest BCUT2D eigenvalue weighted by atomic mass is 10.0. The van der Waals surface area contributed by atoms with Crippen LogP contribution in [-0.2, 0) is 0 Å². The number of rotatable bonds is 13. The molecule has 2 rings (SSSR count). The van der Waals surface area contributed by atoms with Crippen LogP contribution in [0.3, 0.4) is 0 Å². The second-order valence-corrected chi connectivity index (χ2v) is 7.80. The van der Waals surface area contributed by atoms with E-state index in [1.807, 2.05) is 0 Å². The van der Waals surface area contributed by atoms with E-state index in [1.165, 1.54) is 57.8 Å². The molecule has 0 nitrogen and oxygen atoms in total. The second-order valence-electron chi connectivity index (χ2n) is 7.80. The van der Waals surface area contributed by atoms with Gasteiger partial charge < -0.3 is 0 Å². The van der Waals surface area contributed by atoms with Gasteiger partial charge in [-0.1, -0.05) is 84.5 Å². The smallest absolute Gasteiger partial charge is 0.0380 e. The zero-order chi connectivity index (χ0) is 14.2. The van der Waals surface area contributed by atoms with Crippen LogP contribution in [-0.4, -0.2) is 0 Å². The normalized spacial score (nSPS) is 31.5. The highest BCUT2D eigenvalue weighted by Crippen LogP contribution is 2.54. The van der Waals surface area contributed by atoms with E-state index in [4.69, 9.17) is 0 Å². The maximum absolute atomic E-state index is 2.32. The summed E-state index contributed by atoms with van der Waals surface area (Å²) in [5.74, 6) is 4.62. The van der Waals surface area contributed by atoms with Crippen molar-refractivity contribution in [2.24, 2.45) is 23.7 Å². The van der Waals surface area contributed by atoms with Gasteiger partial charge >= 0.3 is 0 Å². The Kier molecular flexibility index (Phi) is 7.45. The number of unbranched alkanes of at least 4 members (excludes halogenated alkanes) is 7. The zero-order valence-electron chi connectivity index (χ0n) is 14.2. The minimum atomic E-state index is 1.15.